The molecule has 1 amide bonds. The summed E-state index contributed by atoms with van der Waals surface area (Å²) in [6.45, 7) is 6.28. The summed E-state index contributed by atoms with van der Waals surface area (Å²) in [4.78, 5) is 15.3. The average Bonchev–Trinajstić information content (AvgIpc) is 2.72. The molecule has 1 aromatic carbocycles. The minimum atomic E-state index is -0.163. The summed E-state index contributed by atoms with van der Waals surface area (Å²) in [5.74, 6) is 0.811. The molecule has 0 N–H and O–H groups in total. The second-order valence-electron chi connectivity index (χ2n) is 5.10. The summed E-state index contributed by atoms with van der Waals surface area (Å²) in [5, 5.41) is 0.854. The molecule has 0 bridgehead atoms. The molecule has 0 aromatic heterocycles. The molecule has 1 fully saturated rings. The predicted octanol–water partition coefficient (Wildman–Crippen LogP) is 3.33. The second kappa shape index (κ2) is 7.68. The molecule has 0 saturated carbocycles. The van der Waals surface area contributed by atoms with Crippen molar-refractivity contribution >= 4 is 40.9 Å². The second-order valence-corrected chi connectivity index (χ2v) is 5.87. The minimum absolute atomic E-state index is 0.163. The van der Waals surface area contributed by atoms with E-state index in [4.69, 9.17) is 33.3 Å². The Hall–Kier alpha value is -2.05. The molecule has 0 atom stereocenters. The first-order valence-corrected chi connectivity index (χ1v) is 8.16. The van der Waals surface area contributed by atoms with Crippen LogP contribution in [0.15, 0.2) is 30.5 Å². The minimum Gasteiger partial charge on any atom is -0.490 e. The summed E-state index contributed by atoms with van der Waals surface area (Å²) >= 11 is 11.5. The third-order valence-electron chi connectivity index (χ3n) is 3.44. The van der Waals surface area contributed by atoms with Gasteiger partial charge in [-0.1, -0.05) is 24.3 Å². The van der Waals surface area contributed by atoms with E-state index in [0.717, 1.165) is 5.56 Å². The van der Waals surface area contributed by atoms with Crippen LogP contribution < -0.4 is 9.47 Å². The third-order valence-corrected chi connectivity index (χ3v) is 4.27. The number of ether oxygens (including phenoxy) is 2. The zero-order chi connectivity index (χ0) is 17.9. The summed E-state index contributed by atoms with van der Waals surface area (Å²) in [6.07, 6.45) is 3.36. The van der Waals surface area contributed by atoms with E-state index in [1.165, 1.54) is 4.90 Å². The van der Waals surface area contributed by atoms with Crippen molar-refractivity contribution in [2.24, 2.45) is 0 Å². The van der Waals surface area contributed by atoms with Gasteiger partial charge in [-0.05, 0) is 42.9 Å². The lowest BCUT2D eigenvalue weighted by atomic mass is 10.1. The van der Waals surface area contributed by atoms with Crippen molar-refractivity contribution in [1.29, 1.82) is 0 Å². The highest BCUT2D eigenvalue weighted by molar-refractivity contribution is 7.80. The fourth-order valence-corrected chi connectivity index (χ4v) is 2.72. The van der Waals surface area contributed by atoms with Gasteiger partial charge in [0.25, 0.3) is 5.91 Å². The molecule has 2 rings (SSSR count). The summed E-state index contributed by atoms with van der Waals surface area (Å²) < 4.78 is 11.2. The molecule has 128 valence electrons. The Bertz CT molecular complexity index is 718. The molecular weight excluding hydrogens is 348 g/mol. The fraction of sp³-hybridized carbons (Fsp3) is 0.294. The van der Waals surface area contributed by atoms with E-state index in [0.29, 0.717) is 40.5 Å². The topological polar surface area (TPSA) is 42.0 Å². The standard InChI is InChI=1S/C17H19ClN2O3S/c1-5-7-23-15-12(18)8-11(10-14(15)22-6-2)9-13-16(21)20(4)17(24)19(13)3/h5,8-10H,1,6-7H2,2-4H3/b13-9-. The normalized spacial score (nSPS) is 16.1. The predicted molar refractivity (Wildman–Crippen MR) is 99.4 cm³/mol. The molecule has 0 radical (unpaired) electrons. The molecule has 5 nitrogen and oxygen atoms in total. The van der Waals surface area contributed by atoms with Crippen LogP contribution in [0.25, 0.3) is 6.08 Å². The van der Waals surface area contributed by atoms with Crippen molar-refractivity contribution in [2.45, 2.75) is 6.92 Å². The number of carbonyl (C=O) groups is 1. The summed E-state index contributed by atoms with van der Waals surface area (Å²) in [5.41, 5.74) is 1.20. The molecule has 24 heavy (non-hydrogen) atoms. The molecule has 1 aliphatic heterocycles. The van der Waals surface area contributed by atoms with Crippen LogP contribution >= 0.6 is 23.8 Å². The van der Waals surface area contributed by atoms with Gasteiger partial charge >= 0.3 is 0 Å². The van der Waals surface area contributed by atoms with Crippen LogP contribution in [0.2, 0.25) is 5.02 Å². The highest BCUT2D eigenvalue weighted by atomic mass is 35.5. The van der Waals surface area contributed by atoms with E-state index >= 15 is 0 Å². The van der Waals surface area contributed by atoms with E-state index in [2.05, 4.69) is 6.58 Å². The number of nitrogens with zero attached hydrogens (tertiary/aromatic N) is 2. The van der Waals surface area contributed by atoms with Crippen molar-refractivity contribution in [1.82, 2.24) is 9.80 Å². The van der Waals surface area contributed by atoms with Crippen LogP contribution in [0.4, 0.5) is 0 Å². The van der Waals surface area contributed by atoms with Gasteiger partial charge in [0.2, 0.25) is 0 Å². The largest absolute Gasteiger partial charge is 0.490 e. The van der Waals surface area contributed by atoms with Gasteiger partial charge in [0.15, 0.2) is 16.6 Å². The first-order chi connectivity index (χ1) is 11.4. The number of likely N-dealkylation sites (N-methyl/N-ethyl adjacent to an activating group) is 2. The van der Waals surface area contributed by atoms with E-state index in [-0.39, 0.29) is 5.91 Å². The number of amides is 1. The lowest BCUT2D eigenvalue weighted by Crippen LogP contribution is -2.26. The van der Waals surface area contributed by atoms with Crippen molar-refractivity contribution in [3.05, 3.63) is 41.1 Å². The maximum atomic E-state index is 12.3. The van der Waals surface area contributed by atoms with Crippen molar-refractivity contribution < 1.29 is 14.3 Å². The molecule has 1 aromatic rings. The van der Waals surface area contributed by atoms with Gasteiger partial charge in [-0.3, -0.25) is 9.69 Å². The number of hydrogen-bond acceptors (Lipinski definition) is 4. The van der Waals surface area contributed by atoms with Gasteiger partial charge in [-0.25, -0.2) is 0 Å². The van der Waals surface area contributed by atoms with Gasteiger partial charge in [0, 0.05) is 14.1 Å². The molecule has 1 heterocycles. The molecule has 0 spiro atoms. The highest BCUT2D eigenvalue weighted by Crippen LogP contribution is 2.37. The first kappa shape index (κ1) is 18.3. The Morgan fingerprint density at radius 3 is 2.54 bits per heavy atom. The van der Waals surface area contributed by atoms with Crippen LogP contribution in [0, 0.1) is 0 Å². The number of carbonyl (C=O) groups excluding carboxylic acids is 1. The molecule has 1 aliphatic rings. The molecular formula is C17H19ClN2O3S. The zero-order valence-electron chi connectivity index (χ0n) is 13.8. The summed E-state index contributed by atoms with van der Waals surface area (Å²) in [7, 11) is 3.40. The average molecular weight is 367 g/mol. The lowest BCUT2D eigenvalue weighted by Gasteiger charge is -2.14. The number of rotatable bonds is 6. The van der Waals surface area contributed by atoms with Crippen molar-refractivity contribution in [3.63, 3.8) is 0 Å². The lowest BCUT2D eigenvalue weighted by molar-refractivity contribution is -0.121. The van der Waals surface area contributed by atoms with Gasteiger partial charge in [-0.15, -0.1) is 0 Å². The maximum absolute atomic E-state index is 12.3. The zero-order valence-corrected chi connectivity index (χ0v) is 15.4. The van der Waals surface area contributed by atoms with Crippen LogP contribution in [-0.4, -0.2) is 48.1 Å². The Balaban J connectivity index is 2.44. The van der Waals surface area contributed by atoms with Crippen molar-refractivity contribution in [2.75, 3.05) is 27.3 Å². The fourth-order valence-electron chi connectivity index (χ4n) is 2.26. The molecule has 1 saturated heterocycles. The van der Waals surface area contributed by atoms with Crippen LogP contribution in [-0.2, 0) is 4.79 Å². The third kappa shape index (κ3) is 3.55. The smallest absolute Gasteiger partial charge is 0.276 e. The Morgan fingerprint density at radius 1 is 1.29 bits per heavy atom. The van der Waals surface area contributed by atoms with Gasteiger partial charge in [-0.2, -0.15) is 0 Å². The number of thiocarbonyl (C=S) groups is 1. The monoisotopic (exact) mass is 366 g/mol. The van der Waals surface area contributed by atoms with Gasteiger partial charge < -0.3 is 14.4 Å². The molecule has 7 heteroatoms. The maximum Gasteiger partial charge on any atom is 0.276 e. The quantitative estimate of drug-likeness (QED) is 0.439. The Kier molecular flexibility index (Phi) is 5.85. The Labute approximate surface area is 152 Å². The van der Waals surface area contributed by atoms with E-state index < -0.39 is 0 Å². The van der Waals surface area contributed by atoms with Gasteiger partial charge in [0.1, 0.15) is 12.3 Å². The van der Waals surface area contributed by atoms with E-state index in [9.17, 15) is 4.79 Å². The van der Waals surface area contributed by atoms with Crippen molar-refractivity contribution in [3.8, 4) is 11.5 Å². The van der Waals surface area contributed by atoms with E-state index in [1.807, 2.05) is 6.92 Å². The SMILES string of the molecule is C=CCOc1c(Cl)cc(/C=C2/C(=O)N(C)C(=S)N2C)cc1OCC. The summed E-state index contributed by atoms with van der Waals surface area (Å²) in [6, 6.07) is 3.50. The molecule has 0 aliphatic carbocycles. The molecule has 0 unspecified atom stereocenters. The van der Waals surface area contributed by atoms with E-state index in [1.54, 1.807) is 43.3 Å². The highest BCUT2D eigenvalue weighted by Gasteiger charge is 2.32. The number of halogens is 1. The van der Waals surface area contributed by atoms with Crippen LogP contribution in [0.3, 0.4) is 0 Å². The van der Waals surface area contributed by atoms with Crippen LogP contribution in [0.5, 0.6) is 11.5 Å². The number of benzene rings is 1. The van der Waals surface area contributed by atoms with Crippen LogP contribution in [0.1, 0.15) is 12.5 Å². The number of hydrogen-bond donors (Lipinski definition) is 0. The first-order valence-electron chi connectivity index (χ1n) is 7.38. The van der Waals surface area contributed by atoms with Gasteiger partial charge in [0.05, 0.1) is 11.6 Å². The Morgan fingerprint density at radius 2 is 2.00 bits per heavy atom.